The predicted molar refractivity (Wildman–Crippen MR) is 77.5 cm³/mol. The number of hydrogen-bond donors (Lipinski definition) is 1. The lowest BCUT2D eigenvalue weighted by molar-refractivity contribution is 0.0988. The van der Waals surface area contributed by atoms with Crippen LogP contribution in [0.4, 0.5) is 15.8 Å². The van der Waals surface area contributed by atoms with Crippen molar-refractivity contribution in [1.29, 1.82) is 0 Å². The molecule has 0 bridgehead atoms. The molecular formula is C15H16FN3O. The molecule has 0 aliphatic carbocycles. The van der Waals surface area contributed by atoms with Crippen LogP contribution >= 0.6 is 0 Å². The van der Waals surface area contributed by atoms with E-state index in [0.717, 1.165) is 0 Å². The van der Waals surface area contributed by atoms with Gasteiger partial charge in [-0.15, -0.1) is 0 Å². The largest absolute Gasteiger partial charge is 0.386 e. The third-order valence-electron chi connectivity index (χ3n) is 3.03. The van der Waals surface area contributed by atoms with E-state index in [9.17, 15) is 9.18 Å². The van der Waals surface area contributed by atoms with E-state index >= 15 is 0 Å². The first kappa shape index (κ1) is 14.0. The Hall–Kier alpha value is -2.43. The van der Waals surface area contributed by atoms with Gasteiger partial charge in [-0.1, -0.05) is 12.1 Å². The lowest BCUT2D eigenvalue weighted by atomic mass is 10.1. The molecule has 1 aromatic heterocycles. The first-order valence-electron chi connectivity index (χ1n) is 6.37. The number of para-hydroxylation sites is 1. The molecule has 20 heavy (non-hydrogen) atoms. The predicted octanol–water partition coefficient (Wildman–Crippen LogP) is 2.93. The Morgan fingerprint density at radius 1 is 1.35 bits per heavy atom. The molecule has 0 spiro atoms. The van der Waals surface area contributed by atoms with Crippen LogP contribution in [-0.2, 0) is 0 Å². The number of aromatic nitrogens is 1. The fraction of sp³-hybridized carbons (Fsp3) is 0.200. The van der Waals surface area contributed by atoms with Crippen molar-refractivity contribution in [3.05, 3.63) is 54.1 Å². The summed E-state index contributed by atoms with van der Waals surface area (Å²) in [5.41, 5.74) is 1.36. The number of amides is 1. The Kier molecular flexibility index (Phi) is 4.30. The summed E-state index contributed by atoms with van der Waals surface area (Å²) in [4.78, 5) is 18.0. The highest BCUT2D eigenvalue weighted by Crippen LogP contribution is 2.23. The second kappa shape index (κ2) is 6.14. The van der Waals surface area contributed by atoms with Crippen molar-refractivity contribution in [3.8, 4) is 0 Å². The fourth-order valence-electron chi connectivity index (χ4n) is 2.02. The topological polar surface area (TPSA) is 45.2 Å². The molecule has 4 nitrogen and oxygen atoms in total. The van der Waals surface area contributed by atoms with E-state index in [-0.39, 0.29) is 11.6 Å². The number of halogens is 1. The number of benzene rings is 1. The van der Waals surface area contributed by atoms with Gasteiger partial charge in [-0.25, -0.2) is 4.39 Å². The molecule has 1 aromatic carbocycles. The summed E-state index contributed by atoms with van der Waals surface area (Å²) >= 11 is 0. The van der Waals surface area contributed by atoms with Gasteiger partial charge < -0.3 is 10.2 Å². The summed E-state index contributed by atoms with van der Waals surface area (Å²) in [5.74, 6) is -0.674. The molecule has 0 aliphatic rings. The highest BCUT2D eigenvalue weighted by molar-refractivity contribution is 6.09. The van der Waals surface area contributed by atoms with Crippen LogP contribution in [0, 0.1) is 5.82 Å². The van der Waals surface area contributed by atoms with Crippen LogP contribution in [-0.4, -0.2) is 24.5 Å². The van der Waals surface area contributed by atoms with Gasteiger partial charge in [0.1, 0.15) is 5.82 Å². The van der Waals surface area contributed by atoms with Crippen LogP contribution in [0.5, 0.6) is 0 Å². The summed E-state index contributed by atoms with van der Waals surface area (Å²) in [6.45, 7) is 2.19. The van der Waals surface area contributed by atoms with E-state index in [4.69, 9.17) is 0 Å². The van der Waals surface area contributed by atoms with Gasteiger partial charge in [0.2, 0.25) is 0 Å². The Balaban J connectivity index is 2.42. The first-order chi connectivity index (χ1) is 9.69. The monoisotopic (exact) mass is 273 g/mol. The van der Waals surface area contributed by atoms with Gasteiger partial charge in [0.25, 0.3) is 5.91 Å². The SMILES string of the molecule is CCN(C(=O)c1ccncc1NC)c1ccccc1F. The lowest BCUT2D eigenvalue weighted by Crippen LogP contribution is -2.32. The van der Waals surface area contributed by atoms with Crippen molar-refractivity contribution in [2.75, 3.05) is 23.8 Å². The summed E-state index contributed by atoms with van der Waals surface area (Å²) in [6, 6.07) is 7.87. The minimum atomic E-state index is -0.414. The van der Waals surface area contributed by atoms with E-state index in [1.54, 1.807) is 43.7 Å². The van der Waals surface area contributed by atoms with Gasteiger partial charge in [0, 0.05) is 19.8 Å². The van der Waals surface area contributed by atoms with Gasteiger partial charge >= 0.3 is 0 Å². The molecule has 1 N–H and O–H groups in total. The maximum Gasteiger partial charge on any atom is 0.260 e. The smallest absolute Gasteiger partial charge is 0.260 e. The summed E-state index contributed by atoms with van der Waals surface area (Å²) in [6.07, 6.45) is 3.12. The zero-order valence-corrected chi connectivity index (χ0v) is 11.4. The molecule has 0 unspecified atom stereocenters. The molecular weight excluding hydrogens is 257 g/mol. The second-order valence-electron chi connectivity index (χ2n) is 4.17. The molecule has 5 heteroatoms. The van der Waals surface area contributed by atoms with Crippen molar-refractivity contribution in [1.82, 2.24) is 4.98 Å². The van der Waals surface area contributed by atoms with Gasteiger partial charge in [-0.2, -0.15) is 0 Å². The minimum absolute atomic E-state index is 0.260. The molecule has 0 aliphatic heterocycles. The zero-order chi connectivity index (χ0) is 14.5. The number of pyridine rings is 1. The molecule has 0 atom stereocenters. The number of anilines is 2. The highest BCUT2D eigenvalue weighted by Gasteiger charge is 2.21. The molecule has 2 rings (SSSR count). The van der Waals surface area contributed by atoms with E-state index < -0.39 is 5.82 Å². The number of rotatable bonds is 4. The van der Waals surface area contributed by atoms with Gasteiger partial charge in [-0.05, 0) is 25.1 Å². The van der Waals surface area contributed by atoms with Gasteiger partial charge in [0.15, 0.2) is 0 Å². The maximum absolute atomic E-state index is 13.9. The number of carbonyl (C=O) groups excluding carboxylic acids is 1. The summed E-state index contributed by atoms with van der Waals surface area (Å²) < 4.78 is 13.9. The van der Waals surface area contributed by atoms with Crippen molar-refractivity contribution in [3.63, 3.8) is 0 Å². The van der Waals surface area contributed by atoms with Crippen molar-refractivity contribution in [2.24, 2.45) is 0 Å². The van der Waals surface area contributed by atoms with E-state index in [2.05, 4.69) is 10.3 Å². The normalized spacial score (nSPS) is 10.2. The van der Waals surface area contributed by atoms with Crippen LogP contribution < -0.4 is 10.2 Å². The Morgan fingerprint density at radius 2 is 2.10 bits per heavy atom. The Morgan fingerprint density at radius 3 is 2.75 bits per heavy atom. The third-order valence-corrected chi connectivity index (χ3v) is 3.03. The molecule has 0 saturated heterocycles. The number of nitrogens with one attached hydrogen (secondary N) is 1. The Bertz CT molecular complexity index is 616. The quantitative estimate of drug-likeness (QED) is 0.931. The van der Waals surface area contributed by atoms with E-state index in [0.29, 0.717) is 17.8 Å². The molecule has 2 aromatic rings. The lowest BCUT2D eigenvalue weighted by Gasteiger charge is -2.22. The maximum atomic E-state index is 13.9. The standard InChI is InChI=1S/C15H16FN3O/c1-3-19(14-7-5-4-6-12(14)16)15(20)11-8-9-18-10-13(11)17-2/h4-10,17H,3H2,1-2H3. The molecule has 0 fully saturated rings. The average Bonchev–Trinajstić information content (AvgIpc) is 2.49. The number of carbonyl (C=O) groups is 1. The van der Waals surface area contributed by atoms with Crippen LogP contribution in [0.15, 0.2) is 42.7 Å². The average molecular weight is 273 g/mol. The second-order valence-corrected chi connectivity index (χ2v) is 4.17. The van der Waals surface area contributed by atoms with Crippen LogP contribution in [0.2, 0.25) is 0 Å². The van der Waals surface area contributed by atoms with Crippen molar-refractivity contribution >= 4 is 17.3 Å². The van der Waals surface area contributed by atoms with Crippen LogP contribution in [0.1, 0.15) is 17.3 Å². The molecule has 104 valence electrons. The summed E-state index contributed by atoms with van der Waals surface area (Å²) in [7, 11) is 1.72. The van der Waals surface area contributed by atoms with Gasteiger partial charge in [-0.3, -0.25) is 9.78 Å². The minimum Gasteiger partial charge on any atom is -0.386 e. The zero-order valence-electron chi connectivity index (χ0n) is 11.4. The van der Waals surface area contributed by atoms with Crippen molar-refractivity contribution in [2.45, 2.75) is 6.92 Å². The summed E-state index contributed by atoms with van der Waals surface area (Å²) in [5, 5.41) is 2.92. The van der Waals surface area contributed by atoms with E-state index in [1.165, 1.54) is 11.0 Å². The van der Waals surface area contributed by atoms with Crippen LogP contribution in [0.3, 0.4) is 0 Å². The number of hydrogen-bond acceptors (Lipinski definition) is 3. The van der Waals surface area contributed by atoms with Crippen LogP contribution in [0.25, 0.3) is 0 Å². The van der Waals surface area contributed by atoms with Gasteiger partial charge in [0.05, 0.1) is 23.1 Å². The number of nitrogens with zero attached hydrogens (tertiary/aromatic N) is 2. The first-order valence-corrected chi connectivity index (χ1v) is 6.37. The van der Waals surface area contributed by atoms with E-state index in [1.807, 2.05) is 6.92 Å². The molecule has 0 radical (unpaired) electrons. The molecule has 0 saturated carbocycles. The third kappa shape index (κ3) is 2.61. The highest BCUT2D eigenvalue weighted by atomic mass is 19.1. The Labute approximate surface area is 117 Å². The fourth-order valence-corrected chi connectivity index (χ4v) is 2.02. The molecule has 1 heterocycles. The van der Waals surface area contributed by atoms with Crippen molar-refractivity contribution < 1.29 is 9.18 Å². The molecule has 1 amide bonds.